The Balaban J connectivity index is 2.31. The first kappa shape index (κ1) is 10.6. The van der Waals surface area contributed by atoms with Crippen LogP contribution in [0.2, 0.25) is 0 Å². The molecule has 1 aromatic heterocycles. The predicted octanol–water partition coefficient (Wildman–Crippen LogP) is 2.00. The molecule has 0 spiro atoms. The zero-order chi connectivity index (χ0) is 11.4. The Labute approximate surface area is 96.1 Å². The van der Waals surface area contributed by atoms with Crippen LogP contribution in [-0.2, 0) is 0 Å². The number of aliphatic imine (C=N–C) groups is 1. The molecule has 2 aromatic rings. The highest BCUT2D eigenvalue weighted by molar-refractivity contribution is 7.13. The van der Waals surface area contributed by atoms with Gasteiger partial charge in [0, 0.05) is 11.8 Å². The Morgan fingerprint density at radius 1 is 1.50 bits per heavy atom. The molecule has 16 heavy (non-hydrogen) atoms. The van der Waals surface area contributed by atoms with Crippen molar-refractivity contribution in [2.75, 3.05) is 7.11 Å². The van der Waals surface area contributed by atoms with Crippen LogP contribution in [0.3, 0.4) is 0 Å². The molecule has 1 heterocycles. The van der Waals surface area contributed by atoms with Crippen molar-refractivity contribution in [1.82, 2.24) is 10.2 Å². The highest BCUT2D eigenvalue weighted by atomic mass is 32.1. The number of nitrogens with zero attached hydrogens (tertiary/aromatic N) is 3. The minimum atomic E-state index is 0.0868. The van der Waals surface area contributed by atoms with Gasteiger partial charge in [-0.15, -0.1) is 10.2 Å². The van der Waals surface area contributed by atoms with Crippen molar-refractivity contribution in [3.8, 4) is 11.5 Å². The number of benzene rings is 1. The molecule has 0 bridgehead atoms. The lowest BCUT2D eigenvalue weighted by Crippen LogP contribution is -1.90. The molecule has 0 atom stereocenters. The fourth-order valence-corrected chi connectivity index (χ4v) is 1.61. The summed E-state index contributed by atoms with van der Waals surface area (Å²) in [5.74, 6) is 0.486. The maximum Gasteiger partial charge on any atom is 0.231 e. The van der Waals surface area contributed by atoms with Crippen molar-refractivity contribution in [3.63, 3.8) is 0 Å². The molecule has 0 radical (unpaired) electrons. The van der Waals surface area contributed by atoms with E-state index < -0.39 is 0 Å². The Morgan fingerprint density at radius 2 is 2.38 bits per heavy atom. The molecule has 0 unspecified atom stereocenters. The molecule has 2 rings (SSSR count). The molecule has 0 fully saturated rings. The van der Waals surface area contributed by atoms with Gasteiger partial charge in [0.2, 0.25) is 5.13 Å². The lowest BCUT2D eigenvalue weighted by atomic mass is 10.2. The van der Waals surface area contributed by atoms with Crippen LogP contribution in [0.1, 0.15) is 5.56 Å². The maximum absolute atomic E-state index is 9.54. The van der Waals surface area contributed by atoms with E-state index in [0.29, 0.717) is 16.4 Å². The second-order valence-electron chi connectivity index (χ2n) is 2.88. The quantitative estimate of drug-likeness (QED) is 0.826. The summed E-state index contributed by atoms with van der Waals surface area (Å²) in [4.78, 5) is 4.12. The van der Waals surface area contributed by atoms with Gasteiger partial charge in [0.1, 0.15) is 5.51 Å². The van der Waals surface area contributed by atoms with Gasteiger partial charge in [-0.2, -0.15) is 0 Å². The Morgan fingerprint density at radius 3 is 3.06 bits per heavy atom. The van der Waals surface area contributed by atoms with Crippen molar-refractivity contribution in [3.05, 3.63) is 29.3 Å². The van der Waals surface area contributed by atoms with Crippen LogP contribution in [0.4, 0.5) is 5.13 Å². The van der Waals surface area contributed by atoms with Gasteiger partial charge < -0.3 is 9.84 Å². The van der Waals surface area contributed by atoms with Crippen molar-refractivity contribution in [2.24, 2.45) is 4.99 Å². The van der Waals surface area contributed by atoms with E-state index in [2.05, 4.69) is 15.2 Å². The number of ether oxygens (including phenoxy) is 1. The van der Waals surface area contributed by atoms with Crippen LogP contribution < -0.4 is 4.74 Å². The van der Waals surface area contributed by atoms with Crippen LogP contribution in [0.25, 0.3) is 0 Å². The molecule has 5 nitrogen and oxygen atoms in total. The van der Waals surface area contributed by atoms with E-state index in [4.69, 9.17) is 4.74 Å². The predicted molar refractivity (Wildman–Crippen MR) is 61.8 cm³/mol. The minimum Gasteiger partial charge on any atom is -0.504 e. The summed E-state index contributed by atoms with van der Waals surface area (Å²) in [5.41, 5.74) is 2.30. The third-order valence-corrected chi connectivity index (χ3v) is 2.49. The van der Waals surface area contributed by atoms with Gasteiger partial charge >= 0.3 is 0 Å². The average Bonchev–Trinajstić information content (AvgIpc) is 2.79. The van der Waals surface area contributed by atoms with Gasteiger partial charge in [-0.25, -0.2) is 4.99 Å². The van der Waals surface area contributed by atoms with E-state index in [-0.39, 0.29) is 5.75 Å². The second kappa shape index (κ2) is 4.71. The smallest absolute Gasteiger partial charge is 0.231 e. The first-order valence-corrected chi connectivity index (χ1v) is 5.35. The lowest BCUT2D eigenvalue weighted by molar-refractivity contribution is 0.373. The number of rotatable bonds is 3. The third kappa shape index (κ3) is 2.17. The van der Waals surface area contributed by atoms with Gasteiger partial charge in [0.05, 0.1) is 7.11 Å². The fourth-order valence-electron chi connectivity index (χ4n) is 1.21. The number of para-hydroxylation sites is 1. The Hall–Kier alpha value is -1.95. The van der Waals surface area contributed by atoms with Gasteiger partial charge in [0.15, 0.2) is 11.5 Å². The van der Waals surface area contributed by atoms with E-state index in [1.54, 1.807) is 29.9 Å². The molecule has 1 aromatic carbocycles. The molecule has 0 saturated carbocycles. The molecule has 0 aliphatic heterocycles. The molecule has 82 valence electrons. The summed E-state index contributed by atoms with van der Waals surface area (Å²) >= 11 is 1.34. The Bertz CT molecular complexity index is 497. The number of hydrogen-bond acceptors (Lipinski definition) is 6. The molecular weight excluding hydrogens is 226 g/mol. The number of phenolic OH excluding ortho intramolecular Hbond substituents is 1. The summed E-state index contributed by atoms with van der Waals surface area (Å²) in [6.45, 7) is 0. The summed E-state index contributed by atoms with van der Waals surface area (Å²) in [6, 6.07) is 5.07. The third-order valence-electron chi connectivity index (χ3n) is 1.89. The van der Waals surface area contributed by atoms with Crippen LogP contribution in [-0.4, -0.2) is 28.6 Å². The SMILES string of the molecule is COc1c(O)cccc1/C=N\c1nncs1. The summed E-state index contributed by atoms with van der Waals surface area (Å²) < 4.78 is 5.07. The molecule has 0 amide bonds. The first-order valence-electron chi connectivity index (χ1n) is 4.47. The summed E-state index contributed by atoms with van der Waals surface area (Å²) in [5, 5.41) is 17.5. The normalized spacial score (nSPS) is 10.8. The number of methoxy groups -OCH3 is 1. The second-order valence-corrected chi connectivity index (χ2v) is 3.69. The van der Waals surface area contributed by atoms with E-state index in [9.17, 15) is 5.11 Å². The minimum absolute atomic E-state index is 0.0868. The monoisotopic (exact) mass is 235 g/mol. The van der Waals surface area contributed by atoms with E-state index in [1.807, 2.05) is 0 Å². The van der Waals surface area contributed by atoms with Gasteiger partial charge in [-0.3, -0.25) is 0 Å². The fraction of sp³-hybridized carbons (Fsp3) is 0.100. The van der Waals surface area contributed by atoms with Crippen LogP contribution in [0.5, 0.6) is 11.5 Å². The van der Waals surface area contributed by atoms with Gasteiger partial charge in [-0.1, -0.05) is 17.4 Å². The average molecular weight is 235 g/mol. The zero-order valence-electron chi connectivity index (χ0n) is 8.49. The first-order chi connectivity index (χ1) is 7.81. The van der Waals surface area contributed by atoms with E-state index in [0.717, 1.165) is 0 Å². The molecule has 1 N–H and O–H groups in total. The summed E-state index contributed by atoms with van der Waals surface area (Å²) in [6.07, 6.45) is 1.58. The largest absolute Gasteiger partial charge is 0.504 e. The summed E-state index contributed by atoms with van der Waals surface area (Å²) in [7, 11) is 1.50. The van der Waals surface area contributed by atoms with Crippen molar-refractivity contribution in [2.45, 2.75) is 0 Å². The van der Waals surface area contributed by atoms with Gasteiger partial charge in [0.25, 0.3) is 0 Å². The van der Waals surface area contributed by atoms with Gasteiger partial charge in [-0.05, 0) is 12.1 Å². The van der Waals surface area contributed by atoms with Crippen LogP contribution in [0.15, 0.2) is 28.7 Å². The highest BCUT2D eigenvalue weighted by Gasteiger charge is 2.05. The number of phenols is 1. The zero-order valence-corrected chi connectivity index (χ0v) is 9.31. The lowest BCUT2D eigenvalue weighted by Gasteiger charge is -2.05. The molecule has 6 heteroatoms. The highest BCUT2D eigenvalue weighted by Crippen LogP contribution is 2.28. The van der Waals surface area contributed by atoms with Crippen molar-refractivity contribution in [1.29, 1.82) is 0 Å². The number of aromatic hydroxyl groups is 1. The van der Waals surface area contributed by atoms with Crippen LogP contribution >= 0.6 is 11.3 Å². The number of aromatic nitrogens is 2. The van der Waals surface area contributed by atoms with E-state index in [1.165, 1.54) is 18.4 Å². The maximum atomic E-state index is 9.54. The molecule has 0 aliphatic rings. The van der Waals surface area contributed by atoms with Crippen molar-refractivity contribution >= 4 is 22.7 Å². The molecule has 0 saturated heterocycles. The van der Waals surface area contributed by atoms with E-state index >= 15 is 0 Å². The van der Waals surface area contributed by atoms with Crippen molar-refractivity contribution < 1.29 is 9.84 Å². The standard InChI is InChI=1S/C10H9N3O2S/c1-15-9-7(3-2-4-8(9)14)5-11-10-13-12-6-16-10/h2-6,14H,1H3/b11-5-. The molecular formula is C10H9N3O2S. The Kier molecular flexibility index (Phi) is 3.11. The number of hydrogen-bond donors (Lipinski definition) is 1. The topological polar surface area (TPSA) is 67.6 Å². The molecule has 0 aliphatic carbocycles. The van der Waals surface area contributed by atoms with Crippen LogP contribution in [0, 0.1) is 0 Å².